The molecule has 1 aromatic carbocycles. The number of ether oxygens (including phenoxy) is 2. The Bertz CT molecular complexity index is 441. The summed E-state index contributed by atoms with van der Waals surface area (Å²) >= 11 is 0. The average Bonchev–Trinajstić information content (AvgIpc) is 2.18. The number of benzene rings is 1. The first-order valence-electron chi connectivity index (χ1n) is 5.27. The van der Waals surface area contributed by atoms with Gasteiger partial charge in [-0.15, -0.1) is 0 Å². The van der Waals surface area contributed by atoms with E-state index in [2.05, 4.69) is 4.72 Å². The van der Waals surface area contributed by atoms with E-state index in [1.807, 2.05) is 6.92 Å². The lowest BCUT2D eigenvalue weighted by molar-refractivity contribution is 0.210. The highest BCUT2D eigenvalue weighted by molar-refractivity contribution is 7.88. The first-order valence-corrected chi connectivity index (χ1v) is 7.16. The van der Waals surface area contributed by atoms with Crippen LogP contribution in [0.2, 0.25) is 0 Å². The Labute approximate surface area is 102 Å². The van der Waals surface area contributed by atoms with Crippen molar-refractivity contribution in [3.05, 3.63) is 24.3 Å². The standard InChI is InChI=1S/C11H17NO4S/c1-4-15-10-5-7-11(8-6-10)16-9(2)12-17(3,13)14/h5-9,12H,4H2,1-3H3. The van der Waals surface area contributed by atoms with E-state index in [9.17, 15) is 8.42 Å². The molecule has 0 aromatic heterocycles. The predicted molar refractivity (Wildman–Crippen MR) is 65.7 cm³/mol. The summed E-state index contributed by atoms with van der Waals surface area (Å²) in [4.78, 5) is 0. The van der Waals surface area contributed by atoms with Crippen LogP contribution in [0.4, 0.5) is 0 Å². The molecule has 0 amide bonds. The van der Waals surface area contributed by atoms with Crippen LogP contribution in [0.3, 0.4) is 0 Å². The summed E-state index contributed by atoms with van der Waals surface area (Å²) < 4.78 is 34.9. The molecule has 0 spiro atoms. The van der Waals surface area contributed by atoms with Gasteiger partial charge < -0.3 is 9.47 Å². The smallest absolute Gasteiger partial charge is 0.211 e. The van der Waals surface area contributed by atoms with Crippen molar-refractivity contribution in [1.29, 1.82) is 0 Å². The number of rotatable bonds is 6. The molecule has 0 bridgehead atoms. The average molecular weight is 259 g/mol. The Balaban J connectivity index is 2.57. The molecule has 96 valence electrons. The van der Waals surface area contributed by atoms with Gasteiger partial charge in [-0.05, 0) is 38.1 Å². The predicted octanol–water partition coefficient (Wildman–Crippen LogP) is 1.36. The minimum atomic E-state index is -3.26. The fraction of sp³-hybridized carbons (Fsp3) is 0.455. The molecule has 1 aromatic rings. The van der Waals surface area contributed by atoms with Gasteiger partial charge in [0.05, 0.1) is 12.9 Å². The summed E-state index contributed by atoms with van der Waals surface area (Å²) in [6.45, 7) is 4.13. The van der Waals surface area contributed by atoms with Crippen LogP contribution >= 0.6 is 0 Å². The van der Waals surface area contributed by atoms with E-state index in [1.54, 1.807) is 31.2 Å². The molecule has 1 N–H and O–H groups in total. The van der Waals surface area contributed by atoms with Gasteiger partial charge in [0.25, 0.3) is 0 Å². The number of sulfonamides is 1. The van der Waals surface area contributed by atoms with Gasteiger partial charge in [0.15, 0.2) is 6.23 Å². The normalized spacial score (nSPS) is 13.1. The van der Waals surface area contributed by atoms with E-state index in [0.29, 0.717) is 12.4 Å². The maximum absolute atomic E-state index is 11.0. The van der Waals surface area contributed by atoms with E-state index < -0.39 is 16.3 Å². The Morgan fingerprint density at radius 2 is 1.76 bits per heavy atom. The molecule has 17 heavy (non-hydrogen) atoms. The molecule has 0 heterocycles. The van der Waals surface area contributed by atoms with Crippen LogP contribution in [-0.4, -0.2) is 27.5 Å². The van der Waals surface area contributed by atoms with Gasteiger partial charge in [0.2, 0.25) is 10.0 Å². The number of nitrogens with one attached hydrogen (secondary N) is 1. The van der Waals surface area contributed by atoms with E-state index in [-0.39, 0.29) is 0 Å². The number of hydrogen-bond acceptors (Lipinski definition) is 4. The molecule has 1 rings (SSSR count). The van der Waals surface area contributed by atoms with Crippen LogP contribution < -0.4 is 14.2 Å². The van der Waals surface area contributed by atoms with E-state index >= 15 is 0 Å². The summed E-state index contributed by atoms with van der Waals surface area (Å²) in [5, 5.41) is 0. The SMILES string of the molecule is CCOc1ccc(OC(C)NS(C)(=O)=O)cc1. The molecule has 5 nitrogen and oxygen atoms in total. The molecule has 0 radical (unpaired) electrons. The van der Waals surface area contributed by atoms with Crippen LogP contribution in [0.25, 0.3) is 0 Å². The molecule has 0 saturated carbocycles. The molecular weight excluding hydrogens is 242 g/mol. The molecule has 1 atom stereocenters. The van der Waals surface area contributed by atoms with E-state index in [1.165, 1.54) is 0 Å². The molecule has 0 aliphatic rings. The van der Waals surface area contributed by atoms with Crippen molar-refractivity contribution in [2.24, 2.45) is 0 Å². The van der Waals surface area contributed by atoms with Crippen LogP contribution in [0, 0.1) is 0 Å². The minimum absolute atomic E-state index is 0.581. The lowest BCUT2D eigenvalue weighted by atomic mass is 10.3. The monoisotopic (exact) mass is 259 g/mol. The largest absolute Gasteiger partial charge is 0.494 e. The van der Waals surface area contributed by atoms with Crippen LogP contribution in [-0.2, 0) is 10.0 Å². The van der Waals surface area contributed by atoms with Crippen molar-refractivity contribution in [2.45, 2.75) is 20.1 Å². The molecule has 0 saturated heterocycles. The van der Waals surface area contributed by atoms with Crippen molar-refractivity contribution >= 4 is 10.0 Å². The summed E-state index contributed by atoms with van der Waals surface area (Å²) in [5.74, 6) is 1.33. The van der Waals surface area contributed by atoms with Crippen LogP contribution in [0.1, 0.15) is 13.8 Å². The van der Waals surface area contributed by atoms with E-state index in [0.717, 1.165) is 12.0 Å². The molecule has 1 unspecified atom stereocenters. The zero-order chi connectivity index (χ0) is 12.9. The Kier molecular flexibility index (Phi) is 4.77. The van der Waals surface area contributed by atoms with Gasteiger partial charge in [-0.25, -0.2) is 8.42 Å². The van der Waals surface area contributed by atoms with Gasteiger partial charge >= 0.3 is 0 Å². The highest BCUT2D eigenvalue weighted by atomic mass is 32.2. The zero-order valence-corrected chi connectivity index (χ0v) is 11.0. The zero-order valence-electron chi connectivity index (χ0n) is 10.1. The molecule has 0 aliphatic carbocycles. The molecule has 0 fully saturated rings. The topological polar surface area (TPSA) is 64.6 Å². The maximum atomic E-state index is 11.0. The first kappa shape index (κ1) is 13.8. The van der Waals surface area contributed by atoms with Gasteiger partial charge in [0, 0.05) is 0 Å². The number of hydrogen-bond donors (Lipinski definition) is 1. The Morgan fingerprint density at radius 1 is 1.24 bits per heavy atom. The summed E-state index contributed by atoms with van der Waals surface area (Å²) in [5.41, 5.74) is 0. The van der Waals surface area contributed by atoms with Crippen LogP contribution in [0.15, 0.2) is 24.3 Å². The first-order chi connectivity index (χ1) is 7.90. The van der Waals surface area contributed by atoms with Crippen molar-refractivity contribution in [3.63, 3.8) is 0 Å². The second-order valence-corrected chi connectivity index (χ2v) is 5.33. The van der Waals surface area contributed by atoms with Gasteiger partial charge in [-0.3, -0.25) is 0 Å². The van der Waals surface area contributed by atoms with Crippen molar-refractivity contribution in [1.82, 2.24) is 4.72 Å². The van der Waals surface area contributed by atoms with Gasteiger partial charge in [-0.1, -0.05) is 0 Å². The van der Waals surface area contributed by atoms with Gasteiger partial charge in [0.1, 0.15) is 11.5 Å². The van der Waals surface area contributed by atoms with E-state index in [4.69, 9.17) is 9.47 Å². The maximum Gasteiger partial charge on any atom is 0.211 e. The summed E-state index contributed by atoms with van der Waals surface area (Å²) in [6, 6.07) is 6.99. The fourth-order valence-corrected chi connectivity index (χ4v) is 1.96. The third-order valence-corrected chi connectivity index (χ3v) is 2.59. The van der Waals surface area contributed by atoms with Gasteiger partial charge in [-0.2, -0.15) is 4.72 Å². The third-order valence-electron chi connectivity index (χ3n) is 1.83. The highest BCUT2D eigenvalue weighted by Gasteiger charge is 2.09. The fourth-order valence-electron chi connectivity index (χ4n) is 1.31. The second kappa shape index (κ2) is 5.88. The molecule has 6 heteroatoms. The molecular formula is C11H17NO4S. The Morgan fingerprint density at radius 3 is 2.24 bits per heavy atom. The second-order valence-electron chi connectivity index (χ2n) is 3.55. The lowest BCUT2D eigenvalue weighted by Gasteiger charge is -2.15. The minimum Gasteiger partial charge on any atom is -0.494 e. The van der Waals surface area contributed by atoms with Crippen molar-refractivity contribution < 1.29 is 17.9 Å². The van der Waals surface area contributed by atoms with Crippen LogP contribution in [0.5, 0.6) is 11.5 Å². The van der Waals surface area contributed by atoms with Crippen molar-refractivity contribution in [2.75, 3.05) is 12.9 Å². The lowest BCUT2D eigenvalue weighted by Crippen LogP contribution is -2.35. The summed E-state index contributed by atoms with van der Waals surface area (Å²) in [6.07, 6.45) is 0.480. The third kappa shape index (κ3) is 5.55. The van der Waals surface area contributed by atoms with Crippen molar-refractivity contribution in [3.8, 4) is 11.5 Å². The quantitative estimate of drug-likeness (QED) is 0.783. The summed E-state index contributed by atoms with van der Waals surface area (Å²) in [7, 11) is -3.26. The highest BCUT2D eigenvalue weighted by Crippen LogP contribution is 2.18. The molecule has 0 aliphatic heterocycles. The Hall–Kier alpha value is -1.27.